The molecule has 0 unspecified atom stereocenters. The van der Waals surface area contributed by atoms with E-state index in [-0.39, 0.29) is 62.9 Å². The molecule has 0 saturated heterocycles. The molecule has 0 saturated carbocycles. The minimum Gasteiger partial charge on any atom is -0.493 e. The summed E-state index contributed by atoms with van der Waals surface area (Å²) in [5.74, 6) is -0.745. The van der Waals surface area contributed by atoms with Gasteiger partial charge in [-0.3, -0.25) is 0 Å². The van der Waals surface area contributed by atoms with Crippen LogP contribution in [0.5, 0.6) is 11.5 Å². The van der Waals surface area contributed by atoms with Crippen molar-refractivity contribution in [1.82, 2.24) is 0 Å². The van der Waals surface area contributed by atoms with Crippen molar-refractivity contribution in [3.63, 3.8) is 0 Å². The molecule has 0 atom stereocenters. The predicted molar refractivity (Wildman–Crippen MR) is 53.2 cm³/mol. The molecule has 0 fully saturated rings. The van der Waals surface area contributed by atoms with Gasteiger partial charge in [-0.05, 0) is 6.07 Å². The maximum Gasteiger partial charge on any atom is 1.00 e. The number of hydrogen-bond acceptors (Lipinski definition) is 2. The number of halogens is 5. The average Bonchev–Trinajstić information content (AvgIpc) is 2.25. The third-order valence-electron chi connectivity index (χ3n) is 2.14. The fourth-order valence-electron chi connectivity index (χ4n) is 1.37. The van der Waals surface area contributed by atoms with Gasteiger partial charge in [0.2, 0.25) is 0 Å². The SMILES string of the molecule is COc1cc([B-](F)(F)F)cc(C(F)F)c1OC.[K+]. The van der Waals surface area contributed by atoms with Gasteiger partial charge in [-0.1, -0.05) is 6.07 Å². The molecule has 0 N–H and O–H groups in total. The van der Waals surface area contributed by atoms with Crippen molar-refractivity contribution in [3.05, 3.63) is 17.7 Å². The van der Waals surface area contributed by atoms with Gasteiger partial charge in [0, 0.05) is 0 Å². The van der Waals surface area contributed by atoms with E-state index in [1.54, 1.807) is 0 Å². The third kappa shape index (κ3) is 4.09. The first-order valence-electron chi connectivity index (χ1n) is 4.55. The summed E-state index contributed by atoms with van der Waals surface area (Å²) < 4.78 is 72.0. The summed E-state index contributed by atoms with van der Waals surface area (Å²) in [7, 11) is 2.17. The molecule has 9 heteroatoms. The van der Waals surface area contributed by atoms with Crippen LogP contribution in [0.2, 0.25) is 0 Å². The third-order valence-corrected chi connectivity index (χ3v) is 2.14. The maximum absolute atomic E-state index is 12.6. The minimum atomic E-state index is -5.37. The van der Waals surface area contributed by atoms with Crippen molar-refractivity contribution in [2.24, 2.45) is 0 Å². The summed E-state index contributed by atoms with van der Waals surface area (Å²) in [6.45, 7) is -5.37. The Labute approximate surface area is 143 Å². The number of methoxy groups -OCH3 is 2. The zero-order chi connectivity index (χ0) is 13.2. The zero-order valence-corrected chi connectivity index (χ0v) is 13.1. The Morgan fingerprint density at radius 2 is 1.61 bits per heavy atom. The van der Waals surface area contributed by atoms with Gasteiger partial charge in [0.25, 0.3) is 6.43 Å². The van der Waals surface area contributed by atoms with Gasteiger partial charge in [0.15, 0.2) is 11.5 Å². The smallest absolute Gasteiger partial charge is 0.493 e. The Kier molecular flexibility index (Phi) is 7.15. The van der Waals surface area contributed by atoms with Crippen molar-refractivity contribution in [2.75, 3.05) is 14.2 Å². The van der Waals surface area contributed by atoms with E-state index in [2.05, 4.69) is 9.47 Å². The molecule has 0 aliphatic carbocycles. The van der Waals surface area contributed by atoms with Crippen LogP contribution in [-0.4, -0.2) is 21.2 Å². The van der Waals surface area contributed by atoms with Crippen molar-refractivity contribution in [2.45, 2.75) is 6.43 Å². The Bertz CT molecular complexity index is 411. The fourth-order valence-corrected chi connectivity index (χ4v) is 1.37. The van der Waals surface area contributed by atoms with E-state index in [1.807, 2.05) is 0 Å². The zero-order valence-electron chi connectivity index (χ0n) is 10.0. The van der Waals surface area contributed by atoms with E-state index in [1.165, 1.54) is 0 Å². The predicted octanol–water partition coefficient (Wildman–Crippen LogP) is -0.300. The molecule has 0 aromatic heterocycles. The van der Waals surface area contributed by atoms with Gasteiger partial charge in [-0.15, -0.1) is 5.46 Å². The van der Waals surface area contributed by atoms with Gasteiger partial charge >= 0.3 is 58.4 Å². The van der Waals surface area contributed by atoms with Crippen LogP contribution in [0.4, 0.5) is 21.7 Å². The van der Waals surface area contributed by atoms with E-state index in [4.69, 9.17) is 0 Å². The molecule has 0 aliphatic heterocycles. The first kappa shape index (κ1) is 18.2. The number of alkyl halides is 2. The quantitative estimate of drug-likeness (QED) is 0.561. The molecule has 1 aromatic carbocycles. The van der Waals surface area contributed by atoms with Crippen molar-refractivity contribution in [3.8, 4) is 11.5 Å². The average molecular weight is 294 g/mol. The second-order valence-corrected chi connectivity index (χ2v) is 3.22. The number of benzene rings is 1. The summed E-state index contributed by atoms with van der Waals surface area (Å²) in [4.78, 5) is 0. The van der Waals surface area contributed by atoms with Crippen LogP contribution in [0.1, 0.15) is 12.0 Å². The topological polar surface area (TPSA) is 18.5 Å². The molecule has 0 spiro atoms. The summed E-state index contributed by atoms with van der Waals surface area (Å²) in [6, 6.07) is 1.02. The maximum atomic E-state index is 12.6. The second-order valence-electron chi connectivity index (χ2n) is 3.22. The standard InChI is InChI=1S/C9H9BF5O2.K/c1-16-7-4-5(10(13,14)15)3-6(9(11)12)8(7)17-2;/h3-4,9H,1-2H3;/q-1;+1. The number of hydrogen-bond donors (Lipinski definition) is 0. The first-order chi connectivity index (χ1) is 7.81. The number of ether oxygens (including phenoxy) is 2. The van der Waals surface area contributed by atoms with Crippen LogP contribution in [-0.2, 0) is 0 Å². The van der Waals surface area contributed by atoms with Crippen LogP contribution in [0.15, 0.2) is 12.1 Å². The van der Waals surface area contributed by atoms with E-state index in [9.17, 15) is 21.7 Å². The molecular weight excluding hydrogens is 285 g/mol. The molecular formula is C9H9BF5KO2. The molecule has 96 valence electrons. The Hall–Kier alpha value is 0.171. The van der Waals surface area contributed by atoms with Gasteiger partial charge in [-0.25, -0.2) is 8.78 Å². The molecule has 2 nitrogen and oxygen atoms in total. The van der Waals surface area contributed by atoms with Gasteiger partial charge in [0.1, 0.15) is 0 Å². The van der Waals surface area contributed by atoms with Gasteiger partial charge < -0.3 is 22.4 Å². The summed E-state index contributed by atoms with van der Waals surface area (Å²) >= 11 is 0. The second kappa shape index (κ2) is 7.09. The molecule has 0 aliphatic rings. The monoisotopic (exact) mass is 294 g/mol. The van der Waals surface area contributed by atoms with E-state index < -0.39 is 24.4 Å². The van der Waals surface area contributed by atoms with Crippen LogP contribution in [0.3, 0.4) is 0 Å². The first-order valence-corrected chi connectivity index (χ1v) is 4.55. The van der Waals surface area contributed by atoms with E-state index in [0.717, 1.165) is 14.2 Å². The normalized spacial score (nSPS) is 11.1. The summed E-state index contributed by atoms with van der Waals surface area (Å²) in [5, 5.41) is 0. The van der Waals surface area contributed by atoms with Gasteiger partial charge in [-0.2, -0.15) is 0 Å². The molecule has 0 heterocycles. The molecule has 0 radical (unpaired) electrons. The molecule has 0 bridgehead atoms. The van der Waals surface area contributed by atoms with Crippen molar-refractivity contribution in [1.29, 1.82) is 0 Å². The van der Waals surface area contributed by atoms with Crippen LogP contribution >= 0.6 is 0 Å². The summed E-state index contributed by atoms with van der Waals surface area (Å²) in [6.07, 6.45) is -3.07. The molecule has 18 heavy (non-hydrogen) atoms. The van der Waals surface area contributed by atoms with E-state index >= 15 is 0 Å². The van der Waals surface area contributed by atoms with E-state index in [0.29, 0.717) is 12.1 Å². The number of rotatable bonds is 4. The Morgan fingerprint density at radius 3 is 1.94 bits per heavy atom. The molecule has 0 amide bonds. The Balaban J connectivity index is 0.00000289. The molecule has 1 rings (SSSR count). The van der Waals surface area contributed by atoms with Crippen molar-refractivity contribution < 1.29 is 82.6 Å². The molecule has 1 aromatic rings. The summed E-state index contributed by atoms with van der Waals surface area (Å²) in [5.41, 5.74) is -1.97. The van der Waals surface area contributed by atoms with Crippen LogP contribution in [0, 0.1) is 0 Å². The van der Waals surface area contributed by atoms with Crippen molar-refractivity contribution >= 4 is 12.4 Å². The Morgan fingerprint density at radius 1 is 1.06 bits per heavy atom. The fraction of sp³-hybridized carbons (Fsp3) is 0.333. The van der Waals surface area contributed by atoms with Crippen LogP contribution in [0.25, 0.3) is 0 Å². The minimum absolute atomic E-state index is 0. The largest absolute Gasteiger partial charge is 1.00 e. The van der Waals surface area contributed by atoms with Gasteiger partial charge in [0.05, 0.1) is 19.8 Å². The van der Waals surface area contributed by atoms with Crippen LogP contribution < -0.4 is 66.3 Å².